The van der Waals surface area contributed by atoms with E-state index in [0.717, 1.165) is 13.0 Å². The van der Waals surface area contributed by atoms with Gasteiger partial charge in [-0.25, -0.2) is 0 Å². The number of nitrogens with one attached hydrogen (secondary N) is 1. The molecule has 0 saturated heterocycles. The molecule has 0 radical (unpaired) electrons. The molecule has 3 aromatic rings. The van der Waals surface area contributed by atoms with Crippen LogP contribution >= 0.6 is 0 Å². The van der Waals surface area contributed by atoms with Gasteiger partial charge in [0.1, 0.15) is 0 Å². The monoisotopic (exact) mass is 303 g/mol. The van der Waals surface area contributed by atoms with E-state index in [0.29, 0.717) is 0 Å². The Morgan fingerprint density at radius 1 is 1.26 bits per heavy atom. The molecule has 0 fully saturated rings. The molecular weight excluding hydrogens is 282 g/mol. The van der Waals surface area contributed by atoms with Crippen molar-refractivity contribution < 1.29 is 0 Å². The van der Waals surface area contributed by atoms with Gasteiger partial charge in [-0.15, -0.1) is 6.42 Å². The maximum absolute atomic E-state index is 5.69. The molecule has 0 spiro atoms. The minimum atomic E-state index is 0.106. The van der Waals surface area contributed by atoms with Gasteiger partial charge in [0.25, 0.3) is 0 Å². The van der Waals surface area contributed by atoms with Crippen LogP contribution in [0.4, 0.5) is 0 Å². The summed E-state index contributed by atoms with van der Waals surface area (Å²) in [6, 6.07) is 12.3. The van der Waals surface area contributed by atoms with E-state index in [1.165, 1.54) is 27.7 Å². The van der Waals surface area contributed by atoms with E-state index in [-0.39, 0.29) is 6.04 Å². The van der Waals surface area contributed by atoms with Crippen LogP contribution in [0.15, 0.2) is 48.8 Å². The predicted molar refractivity (Wildman–Crippen MR) is 95.2 cm³/mol. The van der Waals surface area contributed by atoms with Crippen LogP contribution in [0.5, 0.6) is 0 Å². The fraction of sp³-hybridized carbons (Fsp3) is 0.250. The van der Waals surface area contributed by atoms with Crippen molar-refractivity contribution in [1.29, 1.82) is 0 Å². The SMILES string of the molecule is C#CC1c2c([nH]c3ccc(C)cc23)CCN1C.c1ccncc1. The highest BCUT2D eigenvalue weighted by molar-refractivity contribution is 5.86. The van der Waals surface area contributed by atoms with Gasteiger partial charge in [-0.2, -0.15) is 0 Å². The Morgan fingerprint density at radius 3 is 2.65 bits per heavy atom. The van der Waals surface area contributed by atoms with Crippen molar-refractivity contribution in [3.63, 3.8) is 0 Å². The summed E-state index contributed by atoms with van der Waals surface area (Å²) in [5, 5.41) is 1.29. The molecule has 23 heavy (non-hydrogen) atoms. The number of likely N-dealkylation sites (N-methyl/N-ethyl adjacent to an activating group) is 1. The highest BCUT2D eigenvalue weighted by Crippen LogP contribution is 2.34. The lowest BCUT2D eigenvalue weighted by atomic mass is 9.96. The summed E-state index contributed by atoms with van der Waals surface area (Å²) in [4.78, 5) is 9.54. The molecule has 1 aliphatic heterocycles. The molecule has 1 aliphatic rings. The van der Waals surface area contributed by atoms with Gasteiger partial charge in [0.2, 0.25) is 0 Å². The zero-order valence-electron chi connectivity index (χ0n) is 13.6. The molecule has 1 aromatic carbocycles. The van der Waals surface area contributed by atoms with Gasteiger partial charge in [0, 0.05) is 47.5 Å². The van der Waals surface area contributed by atoms with E-state index >= 15 is 0 Å². The Balaban J connectivity index is 0.000000220. The summed E-state index contributed by atoms with van der Waals surface area (Å²) < 4.78 is 0. The van der Waals surface area contributed by atoms with E-state index in [1.54, 1.807) is 12.4 Å². The molecule has 3 heterocycles. The largest absolute Gasteiger partial charge is 0.358 e. The zero-order valence-corrected chi connectivity index (χ0v) is 13.6. The lowest BCUT2D eigenvalue weighted by molar-refractivity contribution is 0.280. The maximum Gasteiger partial charge on any atom is 0.0989 e. The Labute approximate surface area is 137 Å². The lowest BCUT2D eigenvalue weighted by Gasteiger charge is -2.29. The van der Waals surface area contributed by atoms with Crippen molar-refractivity contribution >= 4 is 10.9 Å². The molecule has 0 aliphatic carbocycles. The van der Waals surface area contributed by atoms with Crippen LogP contribution in [0, 0.1) is 19.3 Å². The smallest absolute Gasteiger partial charge is 0.0989 e. The fourth-order valence-corrected chi connectivity index (χ4v) is 3.05. The van der Waals surface area contributed by atoms with Crippen LogP contribution in [-0.2, 0) is 6.42 Å². The van der Waals surface area contributed by atoms with Gasteiger partial charge < -0.3 is 4.98 Å². The number of hydrogen-bond acceptors (Lipinski definition) is 2. The van der Waals surface area contributed by atoms with E-state index in [4.69, 9.17) is 6.42 Å². The molecule has 0 amide bonds. The van der Waals surface area contributed by atoms with Gasteiger partial charge in [-0.1, -0.05) is 23.6 Å². The molecule has 1 unspecified atom stereocenters. The van der Waals surface area contributed by atoms with Crippen molar-refractivity contribution in [2.24, 2.45) is 0 Å². The Bertz CT molecular complexity index is 801. The molecule has 0 bridgehead atoms. The summed E-state index contributed by atoms with van der Waals surface area (Å²) in [5.41, 5.74) is 5.10. The van der Waals surface area contributed by atoms with Crippen molar-refractivity contribution in [2.75, 3.05) is 13.6 Å². The van der Waals surface area contributed by atoms with Gasteiger partial charge >= 0.3 is 0 Å². The van der Waals surface area contributed by atoms with Gasteiger partial charge in [0.05, 0.1) is 6.04 Å². The number of nitrogens with zero attached hydrogens (tertiary/aromatic N) is 2. The number of pyridine rings is 1. The Morgan fingerprint density at radius 2 is 2.04 bits per heavy atom. The summed E-state index contributed by atoms with van der Waals surface area (Å²) in [5.74, 6) is 2.91. The van der Waals surface area contributed by atoms with Crippen LogP contribution in [0.2, 0.25) is 0 Å². The Kier molecular flexibility index (Phi) is 4.45. The quantitative estimate of drug-likeness (QED) is 0.642. The molecule has 1 N–H and O–H groups in total. The minimum absolute atomic E-state index is 0.106. The van der Waals surface area contributed by atoms with Gasteiger partial charge in [0.15, 0.2) is 0 Å². The average molecular weight is 303 g/mol. The molecule has 116 valence electrons. The molecule has 1 atom stereocenters. The predicted octanol–water partition coefficient (Wildman–Crippen LogP) is 3.72. The second-order valence-electron chi connectivity index (χ2n) is 5.89. The van der Waals surface area contributed by atoms with E-state index in [9.17, 15) is 0 Å². The second kappa shape index (κ2) is 6.68. The molecule has 3 heteroatoms. The van der Waals surface area contributed by atoms with Crippen molar-refractivity contribution in [3.05, 3.63) is 65.6 Å². The van der Waals surface area contributed by atoms with Gasteiger partial charge in [-0.05, 0) is 38.2 Å². The number of terminal acetylenes is 1. The summed E-state index contributed by atoms with van der Waals surface area (Å²) >= 11 is 0. The summed E-state index contributed by atoms with van der Waals surface area (Å²) in [7, 11) is 2.10. The number of hydrogen-bond donors (Lipinski definition) is 1. The standard InChI is InChI=1S/C15H16N2.C5H5N/c1-4-14-15-11-9-10(2)5-6-12(11)16-13(15)7-8-17(14)3;1-2-4-6-5-3-1/h1,5-6,9,14,16H,7-8H2,2-3H3;1-5H. The first-order valence-electron chi connectivity index (χ1n) is 7.83. The van der Waals surface area contributed by atoms with Crippen molar-refractivity contribution in [2.45, 2.75) is 19.4 Å². The third-order valence-corrected chi connectivity index (χ3v) is 4.23. The molecule has 0 saturated carbocycles. The first kappa shape index (κ1) is 15.3. The highest BCUT2D eigenvalue weighted by atomic mass is 15.1. The minimum Gasteiger partial charge on any atom is -0.358 e. The number of benzene rings is 1. The van der Waals surface area contributed by atoms with Crippen LogP contribution in [0.1, 0.15) is 22.9 Å². The van der Waals surface area contributed by atoms with Crippen molar-refractivity contribution in [3.8, 4) is 12.3 Å². The Hall–Kier alpha value is -2.57. The fourth-order valence-electron chi connectivity index (χ4n) is 3.05. The summed E-state index contributed by atoms with van der Waals surface area (Å²) in [6.45, 7) is 3.14. The molecule has 4 rings (SSSR count). The first-order chi connectivity index (χ1) is 11.2. The van der Waals surface area contributed by atoms with Crippen LogP contribution in [0.25, 0.3) is 10.9 Å². The van der Waals surface area contributed by atoms with E-state index in [2.05, 4.69) is 53.0 Å². The van der Waals surface area contributed by atoms with Crippen LogP contribution < -0.4 is 0 Å². The van der Waals surface area contributed by atoms with Crippen LogP contribution in [0.3, 0.4) is 0 Å². The number of aryl methyl sites for hydroxylation is 1. The van der Waals surface area contributed by atoms with Crippen molar-refractivity contribution in [1.82, 2.24) is 14.9 Å². The molecular formula is C20H21N3. The van der Waals surface area contributed by atoms with E-state index < -0.39 is 0 Å². The van der Waals surface area contributed by atoms with Crippen LogP contribution in [-0.4, -0.2) is 28.5 Å². The third-order valence-electron chi connectivity index (χ3n) is 4.23. The average Bonchev–Trinajstić information content (AvgIpc) is 2.95. The van der Waals surface area contributed by atoms with E-state index in [1.807, 2.05) is 18.2 Å². The number of fused-ring (bicyclic) bond motifs is 3. The number of rotatable bonds is 0. The highest BCUT2D eigenvalue weighted by Gasteiger charge is 2.26. The number of aromatic amines is 1. The molecule has 2 aromatic heterocycles. The summed E-state index contributed by atoms with van der Waals surface area (Å²) in [6.07, 6.45) is 10.2. The topological polar surface area (TPSA) is 31.9 Å². The number of H-pyrrole nitrogens is 1. The maximum atomic E-state index is 5.69. The zero-order chi connectivity index (χ0) is 16.2. The normalized spacial score (nSPS) is 17.0. The number of aromatic nitrogens is 2. The molecule has 3 nitrogen and oxygen atoms in total. The lowest BCUT2D eigenvalue weighted by Crippen LogP contribution is -2.30. The first-order valence-corrected chi connectivity index (χ1v) is 7.83. The van der Waals surface area contributed by atoms with Gasteiger partial charge in [-0.3, -0.25) is 9.88 Å². The third kappa shape index (κ3) is 3.13. The second-order valence-corrected chi connectivity index (χ2v) is 5.89.